The molecule has 19 heavy (non-hydrogen) atoms. The third-order valence-corrected chi connectivity index (χ3v) is 3.53. The molecule has 0 radical (unpaired) electrons. The number of amides is 1. The molecule has 0 heterocycles. The molecule has 2 N–H and O–H groups in total. The fourth-order valence-corrected chi connectivity index (χ4v) is 2.09. The van der Waals surface area contributed by atoms with E-state index in [1.165, 1.54) is 12.1 Å². The van der Waals surface area contributed by atoms with Gasteiger partial charge < -0.3 is 10.4 Å². The van der Waals surface area contributed by atoms with Gasteiger partial charge in [0.25, 0.3) is 5.91 Å². The lowest BCUT2D eigenvalue weighted by molar-refractivity contribution is 0.102. The molecule has 0 unspecified atom stereocenters. The molecule has 98 valence electrons. The van der Waals surface area contributed by atoms with Crippen molar-refractivity contribution in [2.24, 2.45) is 0 Å². The fourth-order valence-electron chi connectivity index (χ4n) is 1.53. The van der Waals surface area contributed by atoms with Gasteiger partial charge in [-0.3, -0.25) is 4.79 Å². The average Bonchev–Trinajstić information content (AvgIpc) is 2.43. The van der Waals surface area contributed by atoms with Gasteiger partial charge in [-0.15, -0.1) is 0 Å². The molecule has 0 saturated heterocycles. The SMILES string of the molecule is O=C(Nc1ccc(O)c(Cl)c1)c1ccc(CBr)cc1. The Balaban J connectivity index is 2.13. The number of hydrogen-bond donors (Lipinski definition) is 2. The van der Waals surface area contributed by atoms with Crippen LogP contribution in [-0.4, -0.2) is 11.0 Å². The number of aromatic hydroxyl groups is 1. The second-order valence-electron chi connectivity index (χ2n) is 3.95. The Hall–Kier alpha value is -1.52. The summed E-state index contributed by atoms with van der Waals surface area (Å²) in [6.07, 6.45) is 0. The highest BCUT2D eigenvalue weighted by Gasteiger charge is 2.07. The van der Waals surface area contributed by atoms with Gasteiger partial charge in [-0.1, -0.05) is 39.7 Å². The molecule has 0 aromatic heterocycles. The predicted molar refractivity (Wildman–Crippen MR) is 80.1 cm³/mol. The zero-order chi connectivity index (χ0) is 13.8. The van der Waals surface area contributed by atoms with Gasteiger partial charge in [0, 0.05) is 16.6 Å². The Bertz CT molecular complexity index is 599. The highest BCUT2D eigenvalue weighted by molar-refractivity contribution is 9.08. The first kappa shape index (κ1) is 13.9. The zero-order valence-electron chi connectivity index (χ0n) is 9.86. The monoisotopic (exact) mass is 339 g/mol. The summed E-state index contributed by atoms with van der Waals surface area (Å²) in [7, 11) is 0. The van der Waals surface area contributed by atoms with E-state index >= 15 is 0 Å². The summed E-state index contributed by atoms with van der Waals surface area (Å²) in [5.74, 6) is -0.232. The van der Waals surface area contributed by atoms with Gasteiger partial charge >= 0.3 is 0 Å². The molecular formula is C14H11BrClNO2. The first-order chi connectivity index (χ1) is 9.10. The number of nitrogens with one attached hydrogen (secondary N) is 1. The normalized spacial score (nSPS) is 10.2. The Morgan fingerprint density at radius 1 is 1.21 bits per heavy atom. The minimum absolute atomic E-state index is 0.0126. The molecule has 0 atom stereocenters. The van der Waals surface area contributed by atoms with Gasteiger partial charge in [0.2, 0.25) is 0 Å². The number of halogens is 2. The summed E-state index contributed by atoms with van der Waals surface area (Å²) < 4.78 is 0. The van der Waals surface area contributed by atoms with Crippen molar-refractivity contribution in [1.82, 2.24) is 0 Å². The van der Waals surface area contributed by atoms with Crippen molar-refractivity contribution < 1.29 is 9.90 Å². The Labute approximate surface area is 124 Å². The van der Waals surface area contributed by atoms with Crippen LogP contribution in [0.15, 0.2) is 42.5 Å². The molecule has 0 saturated carbocycles. The van der Waals surface area contributed by atoms with Crippen LogP contribution >= 0.6 is 27.5 Å². The third-order valence-electron chi connectivity index (χ3n) is 2.58. The molecule has 0 spiro atoms. The topological polar surface area (TPSA) is 49.3 Å². The molecule has 1 amide bonds. The number of rotatable bonds is 3. The number of phenolic OH excluding ortho intramolecular Hbond substituents is 1. The number of benzene rings is 2. The average molecular weight is 341 g/mol. The number of hydrogen-bond acceptors (Lipinski definition) is 2. The van der Waals surface area contributed by atoms with Crippen molar-refractivity contribution in [2.75, 3.05) is 5.32 Å². The Morgan fingerprint density at radius 3 is 2.47 bits per heavy atom. The van der Waals surface area contributed by atoms with E-state index < -0.39 is 0 Å². The summed E-state index contributed by atoms with van der Waals surface area (Å²) in [6.45, 7) is 0. The van der Waals surface area contributed by atoms with E-state index in [0.717, 1.165) is 10.9 Å². The maximum atomic E-state index is 12.0. The zero-order valence-corrected chi connectivity index (χ0v) is 12.2. The fraction of sp³-hybridized carbons (Fsp3) is 0.0714. The molecule has 2 rings (SSSR count). The second-order valence-corrected chi connectivity index (χ2v) is 4.92. The van der Waals surface area contributed by atoms with Crippen molar-refractivity contribution in [2.45, 2.75) is 5.33 Å². The lowest BCUT2D eigenvalue weighted by atomic mass is 10.1. The lowest BCUT2D eigenvalue weighted by Gasteiger charge is -2.07. The van der Waals surface area contributed by atoms with Crippen molar-refractivity contribution in [1.29, 1.82) is 0 Å². The minimum atomic E-state index is -0.220. The largest absolute Gasteiger partial charge is 0.506 e. The first-order valence-electron chi connectivity index (χ1n) is 5.55. The maximum Gasteiger partial charge on any atom is 0.255 e. The highest BCUT2D eigenvalue weighted by Crippen LogP contribution is 2.26. The summed E-state index contributed by atoms with van der Waals surface area (Å²) in [6, 6.07) is 11.8. The first-order valence-corrected chi connectivity index (χ1v) is 7.05. The minimum Gasteiger partial charge on any atom is -0.506 e. The van der Waals surface area contributed by atoms with E-state index in [0.29, 0.717) is 11.3 Å². The van der Waals surface area contributed by atoms with E-state index in [9.17, 15) is 9.90 Å². The van der Waals surface area contributed by atoms with Crippen LogP contribution in [0.2, 0.25) is 5.02 Å². The molecular weight excluding hydrogens is 330 g/mol. The van der Waals surface area contributed by atoms with Crippen LogP contribution in [0.5, 0.6) is 5.75 Å². The maximum absolute atomic E-state index is 12.0. The molecule has 0 aliphatic rings. The summed E-state index contributed by atoms with van der Waals surface area (Å²) >= 11 is 9.13. The number of alkyl halides is 1. The van der Waals surface area contributed by atoms with E-state index in [4.69, 9.17) is 11.6 Å². The second kappa shape index (κ2) is 6.08. The molecule has 2 aromatic rings. The van der Waals surface area contributed by atoms with E-state index in [1.807, 2.05) is 12.1 Å². The van der Waals surface area contributed by atoms with Crippen molar-refractivity contribution in [3.63, 3.8) is 0 Å². The smallest absolute Gasteiger partial charge is 0.255 e. The molecule has 0 aliphatic carbocycles. The molecule has 0 bridgehead atoms. The van der Waals surface area contributed by atoms with Gasteiger partial charge in [0.15, 0.2) is 0 Å². The Morgan fingerprint density at radius 2 is 1.89 bits per heavy atom. The summed E-state index contributed by atoms with van der Waals surface area (Å²) in [4.78, 5) is 12.0. The third kappa shape index (κ3) is 3.49. The van der Waals surface area contributed by atoms with Crippen LogP contribution in [0, 0.1) is 0 Å². The number of anilines is 1. The summed E-state index contributed by atoms with van der Waals surface area (Å²) in [5.41, 5.74) is 2.20. The van der Waals surface area contributed by atoms with Gasteiger partial charge in [-0.05, 0) is 35.9 Å². The number of phenols is 1. The molecule has 0 aliphatic heterocycles. The van der Waals surface area contributed by atoms with Gasteiger partial charge in [-0.25, -0.2) is 0 Å². The van der Waals surface area contributed by atoms with Crippen molar-refractivity contribution >= 4 is 39.1 Å². The van der Waals surface area contributed by atoms with Crippen LogP contribution in [0.1, 0.15) is 15.9 Å². The van der Waals surface area contributed by atoms with Crippen LogP contribution < -0.4 is 5.32 Å². The van der Waals surface area contributed by atoms with Crippen LogP contribution in [0.4, 0.5) is 5.69 Å². The quantitative estimate of drug-likeness (QED) is 0.650. The molecule has 5 heteroatoms. The van der Waals surface area contributed by atoms with E-state index in [1.54, 1.807) is 18.2 Å². The van der Waals surface area contributed by atoms with Gasteiger partial charge in [0.1, 0.15) is 5.75 Å². The standard InChI is InChI=1S/C14H11BrClNO2/c15-8-9-1-3-10(4-2-9)14(19)17-11-5-6-13(18)12(16)7-11/h1-7,18H,8H2,(H,17,19). The van der Waals surface area contributed by atoms with Crippen LogP contribution in [0.3, 0.4) is 0 Å². The van der Waals surface area contributed by atoms with E-state index in [2.05, 4.69) is 21.2 Å². The van der Waals surface area contributed by atoms with Crippen LogP contribution in [-0.2, 0) is 5.33 Å². The molecule has 2 aromatic carbocycles. The lowest BCUT2D eigenvalue weighted by Crippen LogP contribution is -2.11. The van der Waals surface area contributed by atoms with Crippen LogP contribution in [0.25, 0.3) is 0 Å². The number of carbonyl (C=O) groups excluding carboxylic acids is 1. The Kier molecular flexibility index (Phi) is 4.45. The van der Waals surface area contributed by atoms with Gasteiger partial charge in [0.05, 0.1) is 5.02 Å². The molecule has 3 nitrogen and oxygen atoms in total. The molecule has 0 fully saturated rings. The van der Waals surface area contributed by atoms with Crippen molar-refractivity contribution in [3.8, 4) is 5.75 Å². The van der Waals surface area contributed by atoms with E-state index in [-0.39, 0.29) is 16.7 Å². The van der Waals surface area contributed by atoms with Gasteiger partial charge in [-0.2, -0.15) is 0 Å². The van der Waals surface area contributed by atoms with Crippen molar-refractivity contribution in [3.05, 3.63) is 58.6 Å². The highest BCUT2D eigenvalue weighted by atomic mass is 79.9. The summed E-state index contributed by atoms with van der Waals surface area (Å²) in [5, 5.41) is 13.0. The predicted octanol–water partition coefficient (Wildman–Crippen LogP) is 4.19. The number of carbonyl (C=O) groups is 1.